The molecule has 5 rings (SSSR count). The number of hydrogen-bond donors (Lipinski definition) is 1. The van der Waals surface area contributed by atoms with Crippen LogP contribution in [0, 0.1) is 24.7 Å². The van der Waals surface area contributed by atoms with Gasteiger partial charge in [0, 0.05) is 11.5 Å². The predicted molar refractivity (Wildman–Crippen MR) is 144 cm³/mol. The molecular weight excluding hydrogens is 536 g/mol. The topological polar surface area (TPSA) is 97.6 Å². The van der Waals surface area contributed by atoms with Crippen molar-refractivity contribution < 1.29 is 19.4 Å². The third kappa shape index (κ3) is 5.08. The lowest BCUT2D eigenvalue weighted by molar-refractivity contribution is -0.143. The largest absolute Gasteiger partial charge is 0.481 e. The van der Waals surface area contributed by atoms with Crippen molar-refractivity contribution in [2.45, 2.75) is 64.4 Å². The summed E-state index contributed by atoms with van der Waals surface area (Å²) in [7, 11) is 1.81. The number of ether oxygens (including phenoxy) is 1. The maximum atomic E-state index is 13.4. The highest BCUT2D eigenvalue weighted by Crippen LogP contribution is 2.47. The molecule has 37 heavy (non-hydrogen) atoms. The molecule has 2 atom stereocenters. The Labute approximate surface area is 224 Å². The highest BCUT2D eigenvalue weighted by Gasteiger charge is 2.32. The molecule has 8 nitrogen and oxygen atoms in total. The molecular formula is C28H29BrN4O4. The van der Waals surface area contributed by atoms with E-state index >= 15 is 0 Å². The molecule has 2 saturated carbocycles. The van der Waals surface area contributed by atoms with Crippen LogP contribution in [0.2, 0.25) is 0 Å². The molecule has 3 aromatic rings. The summed E-state index contributed by atoms with van der Waals surface area (Å²) in [5, 5.41) is 14.0. The van der Waals surface area contributed by atoms with Crippen molar-refractivity contribution in [1.29, 1.82) is 0 Å². The van der Waals surface area contributed by atoms with Crippen LogP contribution in [0.25, 0.3) is 11.0 Å². The lowest BCUT2D eigenvalue weighted by Crippen LogP contribution is -2.29. The molecule has 0 radical (unpaired) electrons. The van der Waals surface area contributed by atoms with Crippen LogP contribution in [-0.2, 0) is 16.6 Å². The van der Waals surface area contributed by atoms with Gasteiger partial charge in [0.05, 0.1) is 17.1 Å². The van der Waals surface area contributed by atoms with E-state index in [9.17, 15) is 14.7 Å². The lowest BCUT2D eigenvalue weighted by Gasteiger charge is -2.26. The van der Waals surface area contributed by atoms with E-state index in [0.29, 0.717) is 36.0 Å². The Hall–Kier alpha value is -3.38. The molecule has 192 valence electrons. The number of nitrogens with zero attached hydrogens (tertiary/aromatic N) is 4. The minimum atomic E-state index is -0.790. The minimum Gasteiger partial charge on any atom is -0.481 e. The van der Waals surface area contributed by atoms with Gasteiger partial charge in [0.25, 0.3) is 5.88 Å². The van der Waals surface area contributed by atoms with Gasteiger partial charge in [-0.05, 0) is 99.6 Å². The quantitative estimate of drug-likeness (QED) is 0.390. The number of benzene rings is 1. The minimum absolute atomic E-state index is 0.252. The second-order valence-electron chi connectivity index (χ2n) is 9.86. The average Bonchev–Trinajstić information content (AvgIpc) is 3.67. The standard InChI is InChI=1S/C28H29BrN4O4/c1-4-6-25(34)33(23-13-16(2)21(29)15-20(23)17-9-10-17)24-12-11-22-26(30-24)27(31-32(22)3)37-19-8-5-7-18(14-19)28(35)36/h11-13,15,17-19H,5,7-10,14H2,1-3H3,(H,35,36)/t18-,19+/m1/s1. The van der Waals surface area contributed by atoms with Crippen LogP contribution in [-0.4, -0.2) is 37.9 Å². The van der Waals surface area contributed by atoms with Crippen molar-refractivity contribution in [3.05, 3.63) is 39.9 Å². The molecule has 2 aromatic heterocycles. The number of hydrogen-bond acceptors (Lipinski definition) is 5. The lowest BCUT2D eigenvalue weighted by atomic mass is 9.87. The number of carbonyl (C=O) groups is 2. The first-order chi connectivity index (χ1) is 17.8. The monoisotopic (exact) mass is 564 g/mol. The number of aliphatic carboxylic acids is 1. The summed E-state index contributed by atoms with van der Waals surface area (Å²) in [5.41, 5.74) is 4.17. The third-order valence-electron chi connectivity index (χ3n) is 7.14. The number of rotatable bonds is 6. The van der Waals surface area contributed by atoms with Crippen LogP contribution >= 0.6 is 15.9 Å². The molecule has 1 amide bonds. The first kappa shape index (κ1) is 25.3. The van der Waals surface area contributed by atoms with E-state index in [4.69, 9.17) is 9.72 Å². The smallest absolute Gasteiger partial charge is 0.308 e. The molecule has 0 spiro atoms. The molecule has 2 aliphatic rings. The first-order valence-electron chi connectivity index (χ1n) is 12.6. The van der Waals surface area contributed by atoms with E-state index in [-0.39, 0.29) is 12.0 Å². The zero-order valence-electron chi connectivity index (χ0n) is 21.1. The van der Waals surface area contributed by atoms with Gasteiger partial charge in [0.1, 0.15) is 11.9 Å². The van der Waals surface area contributed by atoms with Crippen molar-refractivity contribution in [2.75, 3.05) is 4.90 Å². The molecule has 2 heterocycles. The summed E-state index contributed by atoms with van der Waals surface area (Å²) in [6.07, 6.45) is 4.55. The van der Waals surface area contributed by atoms with Crippen molar-refractivity contribution in [3.8, 4) is 17.7 Å². The number of fused-ring (bicyclic) bond motifs is 1. The third-order valence-corrected chi connectivity index (χ3v) is 7.99. The van der Waals surface area contributed by atoms with Crippen LogP contribution in [0.5, 0.6) is 5.88 Å². The van der Waals surface area contributed by atoms with Gasteiger partial charge in [-0.3, -0.25) is 19.2 Å². The predicted octanol–water partition coefficient (Wildman–Crippen LogP) is 5.63. The van der Waals surface area contributed by atoms with E-state index < -0.39 is 11.9 Å². The van der Waals surface area contributed by atoms with E-state index in [0.717, 1.165) is 52.5 Å². The number of carbonyl (C=O) groups excluding carboxylic acids is 1. The van der Waals surface area contributed by atoms with Gasteiger partial charge in [-0.15, -0.1) is 5.10 Å². The zero-order chi connectivity index (χ0) is 26.3. The summed E-state index contributed by atoms with van der Waals surface area (Å²) in [6.45, 7) is 3.64. The van der Waals surface area contributed by atoms with Gasteiger partial charge >= 0.3 is 11.9 Å². The Kier molecular flexibility index (Phi) is 6.95. The van der Waals surface area contributed by atoms with Crippen LogP contribution in [0.4, 0.5) is 11.5 Å². The maximum Gasteiger partial charge on any atom is 0.308 e. The number of halogens is 1. The number of carboxylic acid groups (broad SMARTS) is 1. The fourth-order valence-corrected chi connectivity index (χ4v) is 5.39. The van der Waals surface area contributed by atoms with Crippen molar-refractivity contribution in [1.82, 2.24) is 14.8 Å². The SMILES string of the molecule is CC#CC(=O)N(c1ccc2c(n1)c(O[C@H]1CCC[C@@H](C(=O)O)C1)nn2C)c1cc(C)c(Br)cc1C1CC1. The average molecular weight is 565 g/mol. The molecule has 0 saturated heterocycles. The molecule has 2 fully saturated rings. The number of amides is 1. The summed E-state index contributed by atoms with van der Waals surface area (Å²) < 4.78 is 8.93. The Morgan fingerprint density at radius 2 is 2.00 bits per heavy atom. The second-order valence-corrected chi connectivity index (χ2v) is 10.7. The van der Waals surface area contributed by atoms with Gasteiger partial charge in [-0.1, -0.05) is 21.9 Å². The highest BCUT2D eigenvalue weighted by molar-refractivity contribution is 9.10. The summed E-state index contributed by atoms with van der Waals surface area (Å²) >= 11 is 3.64. The Balaban J connectivity index is 1.58. The van der Waals surface area contributed by atoms with Crippen molar-refractivity contribution in [3.63, 3.8) is 0 Å². The maximum absolute atomic E-state index is 13.4. The summed E-state index contributed by atoms with van der Waals surface area (Å²) in [6, 6.07) is 7.79. The van der Waals surface area contributed by atoms with Crippen LogP contribution < -0.4 is 9.64 Å². The van der Waals surface area contributed by atoms with Gasteiger partial charge in [-0.2, -0.15) is 0 Å². The van der Waals surface area contributed by atoms with Crippen molar-refractivity contribution in [2.24, 2.45) is 13.0 Å². The molecule has 1 aromatic carbocycles. The second kappa shape index (κ2) is 10.2. The van der Waals surface area contributed by atoms with Crippen LogP contribution in [0.1, 0.15) is 62.5 Å². The normalized spacial score (nSPS) is 19.2. The number of aryl methyl sites for hydroxylation is 2. The number of anilines is 2. The first-order valence-corrected chi connectivity index (χ1v) is 13.4. The number of aromatic nitrogens is 3. The number of pyridine rings is 1. The molecule has 9 heteroatoms. The van der Waals surface area contributed by atoms with Crippen LogP contribution in [0.3, 0.4) is 0 Å². The summed E-state index contributed by atoms with van der Waals surface area (Å²) in [5.74, 6) is 5.03. The fourth-order valence-electron chi connectivity index (χ4n) is 5.03. The Morgan fingerprint density at radius 3 is 2.70 bits per heavy atom. The molecule has 1 N–H and O–H groups in total. The van der Waals surface area contributed by atoms with Crippen molar-refractivity contribution >= 4 is 50.3 Å². The molecule has 0 unspecified atom stereocenters. The van der Waals surface area contributed by atoms with Gasteiger partial charge in [-0.25, -0.2) is 4.98 Å². The van der Waals surface area contributed by atoms with Gasteiger partial charge in [0.2, 0.25) is 0 Å². The Morgan fingerprint density at radius 1 is 1.22 bits per heavy atom. The molecule has 0 aliphatic heterocycles. The highest BCUT2D eigenvalue weighted by atomic mass is 79.9. The van der Waals surface area contributed by atoms with Crippen LogP contribution in [0.15, 0.2) is 28.7 Å². The van der Waals surface area contributed by atoms with Gasteiger partial charge in [0.15, 0.2) is 5.52 Å². The molecule has 2 aliphatic carbocycles. The zero-order valence-corrected chi connectivity index (χ0v) is 22.7. The Bertz CT molecular complexity index is 1450. The van der Waals surface area contributed by atoms with Gasteiger partial charge < -0.3 is 9.84 Å². The van der Waals surface area contributed by atoms with E-state index in [2.05, 4.69) is 38.9 Å². The summed E-state index contributed by atoms with van der Waals surface area (Å²) in [4.78, 5) is 31.4. The van der Waals surface area contributed by atoms with E-state index in [1.807, 2.05) is 26.1 Å². The fraction of sp³-hybridized carbons (Fsp3) is 0.429. The number of carboxylic acids is 1. The van der Waals surface area contributed by atoms with E-state index in [1.165, 1.54) is 0 Å². The van der Waals surface area contributed by atoms with E-state index in [1.54, 1.807) is 22.6 Å². The molecule has 0 bridgehead atoms.